The van der Waals surface area contributed by atoms with Crippen molar-refractivity contribution in [2.45, 2.75) is 12.6 Å². The summed E-state index contributed by atoms with van der Waals surface area (Å²) in [5.41, 5.74) is -1.02. The third-order valence-corrected chi connectivity index (χ3v) is 6.06. The van der Waals surface area contributed by atoms with E-state index in [0.29, 0.717) is 5.56 Å². The minimum atomic E-state index is -4.57. The van der Waals surface area contributed by atoms with E-state index in [2.05, 4.69) is 15.3 Å². The van der Waals surface area contributed by atoms with Gasteiger partial charge in [-0.3, -0.25) is 23.7 Å². The number of amides is 1. The lowest BCUT2D eigenvalue weighted by molar-refractivity contribution is -0.137. The number of nitrogens with zero attached hydrogens (tertiary/aromatic N) is 4. The van der Waals surface area contributed by atoms with E-state index in [0.717, 1.165) is 28.0 Å². The van der Waals surface area contributed by atoms with Gasteiger partial charge < -0.3 is 5.32 Å². The van der Waals surface area contributed by atoms with Crippen molar-refractivity contribution in [3.63, 3.8) is 0 Å². The fourth-order valence-corrected chi connectivity index (χ4v) is 4.38. The number of hydrogen-bond donors (Lipinski definition) is 1. The van der Waals surface area contributed by atoms with Crippen LogP contribution in [0.15, 0.2) is 45.6 Å². The number of carbonyl (C=O) groups excluding carboxylic acids is 1. The van der Waals surface area contributed by atoms with Crippen molar-refractivity contribution >= 4 is 44.9 Å². The Balaban J connectivity index is 1.60. The van der Waals surface area contributed by atoms with Crippen molar-refractivity contribution in [2.75, 3.05) is 5.32 Å². The second-order valence-electron chi connectivity index (χ2n) is 7.39. The molecule has 0 fully saturated rings. The van der Waals surface area contributed by atoms with Gasteiger partial charge in [-0.05, 0) is 23.8 Å². The Kier molecular flexibility index (Phi) is 6.04. The van der Waals surface area contributed by atoms with Crippen LogP contribution in [0, 0.1) is 0 Å². The van der Waals surface area contributed by atoms with Gasteiger partial charge in [-0.2, -0.15) is 13.2 Å². The maximum atomic E-state index is 13.1. The molecule has 34 heavy (non-hydrogen) atoms. The topological polar surface area (TPSA) is 98.9 Å². The fourth-order valence-electron chi connectivity index (χ4n) is 3.41. The first-order valence-electron chi connectivity index (χ1n) is 9.62. The maximum Gasteiger partial charge on any atom is 0.416 e. The summed E-state index contributed by atoms with van der Waals surface area (Å²) in [5.74, 6) is -0.520. The number of hydrogen-bond acceptors (Lipinski definition) is 6. The third kappa shape index (κ3) is 4.46. The molecule has 0 saturated carbocycles. The molecule has 1 aromatic carbocycles. The Morgan fingerprint density at radius 1 is 1.15 bits per heavy atom. The number of carbonyl (C=O) groups is 1. The zero-order chi connectivity index (χ0) is 24.8. The first-order valence-corrected chi connectivity index (χ1v) is 10.9. The van der Waals surface area contributed by atoms with Gasteiger partial charge >= 0.3 is 11.9 Å². The highest BCUT2D eigenvalue weighted by molar-refractivity contribution is 7.14. The molecule has 3 heterocycles. The number of aromatic nitrogens is 4. The smallest absolute Gasteiger partial charge is 0.302 e. The minimum Gasteiger partial charge on any atom is -0.302 e. The summed E-state index contributed by atoms with van der Waals surface area (Å²) in [6.45, 7) is 0. The van der Waals surface area contributed by atoms with Gasteiger partial charge in [0.25, 0.3) is 5.56 Å². The van der Waals surface area contributed by atoms with Crippen LogP contribution in [0.2, 0.25) is 5.02 Å². The molecule has 0 radical (unpaired) electrons. The predicted octanol–water partition coefficient (Wildman–Crippen LogP) is 3.61. The van der Waals surface area contributed by atoms with Gasteiger partial charge in [0.05, 0.1) is 34.8 Å². The molecule has 0 aliphatic carbocycles. The molecule has 0 unspecified atom stereocenters. The molecule has 0 atom stereocenters. The highest BCUT2D eigenvalue weighted by Crippen LogP contribution is 2.35. The van der Waals surface area contributed by atoms with Crippen molar-refractivity contribution in [3.8, 4) is 11.3 Å². The molecule has 0 bridgehead atoms. The number of fused-ring (bicyclic) bond motifs is 1. The zero-order valence-corrected chi connectivity index (χ0v) is 19.2. The Morgan fingerprint density at radius 2 is 1.88 bits per heavy atom. The van der Waals surface area contributed by atoms with Crippen LogP contribution in [0.4, 0.5) is 18.3 Å². The van der Waals surface area contributed by atoms with E-state index >= 15 is 0 Å². The van der Waals surface area contributed by atoms with E-state index in [1.54, 1.807) is 0 Å². The second-order valence-corrected chi connectivity index (χ2v) is 8.68. The molecule has 8 nitrogen and oxygen atoms in total. The van der Waals surface area contributed by atoms with Gasteiger partial charge in [0, 0.05) is 36.3 Å². The number of halogens is 4. The van der Waals surface area contributed by atoms with E-state index in [4.69, 9.17) is 11.6 Å². The van der Waals surface area contributed by atoms with Crippen molar-refractivity contribution in [1.82, 2.24) is 19.1 Å². The van der Waals surface area contributed by atoms with Crippen LogP contribution in [0.5, 0.6) is 0 Å². The Hall–Kier alpha value is -3.51. The molecular formula is C21H15ClF3N5O3S. The average molecular weight is 510 g/mol. The monoisotopic (exact) mass is 509 g/mol. The standard InChI is InChI=1S/C21H15ClF3N5O3S/c1-29-15-8-26-7-11(17(15)18(32)30(2)20(29)33)5-16(31)28-19-27-14(9-34-19)10-3-12(21(23,24)25)6-13(22)4-10/h3-4,6-9H,5H2,1-2H3,(H,27,28,31). The van der Waals surface area contributed by atoms with Crippen LogP contribution in [-0.4, -0.2) is 25.0 Å². The molecule has 4 aromatic rings. The van der Waals surface area contributed by atoms with Crippen LogP contribution in [0.3, 0.4) is 0 Å². The van der Waals surface area contributed by atoms with Gasteiger partial charge in [-0.25, -0.2) is 9.78 Å². The fraction of sp³-hybridized carbons (Fsp3) is 0.190. The molecule has 0 saturated heterocycles. The summed E-state index contributed by atoms with van der Waals surface area (Å²) >= 11 is 6.85. The Bertz CT molecular complexity index is 1560. The summed E-state index contributed by atoms with van der Waals surface area (Å²) < 4.78 is 41.4. The van der Waals surface area contributed by atoms with Crippen LogP contribution in [0.25, 0.3) is 22.2 Å². The Labute approximate surface area is 198 Å². The molecule has 0 spiro atoms. The molecule has 3 aromatic heterocycles. The first-order chi connectivity index (χ1) is 16.0. The maximum absolute atomic E-state index is 13.1. The lowest BCUT2D eigenvalue weighted by Gasteiger charge is -2.10. The number of pyridine rings is 1. The van der Waals surface area contributed by atoms with Gasteiger partial charge in [0.15, 0.2) is 5.13 Å². The number of alkyl halides is 3. The highest BCUT2D eigenvalue weighted by Gasteiger charge is 2.31. The van der Waals surface area contributed by atoms with Gasteiger partial charge in [-0.1, -0.05) is 11.6 Å². The van der Waals surface area contributed by atoms with Crippen LogP contribution in [-0.2, 0) is 31.5 Å². The molecule has 1 amide bonds. The van der Waals surface area contributed by atoms with E-state index in [-0.39, 0.29) is 38.7 Å². The molecule has 176 valence electrons. The number of rotatable bonds is 4. The summed E-state index contributed by atoms with van der Waals surface area (Å²) in [7, 11) is 2.83. The molecule has 0 aliphatic rings. The van der Waals surface area contributed by atoms with E-state index < -0.39 is 28.9 Å². The molecule has 13 heteroatoms. The van der Waals surface area contributed by atoms with Crippen molar-refractivity contribution < 1.29 is 18.0 Å². The van der Waals surface area contributed by atoms with Crippen LogP contribution < -0.4 is 16.6 Å². The number of aryl methyl sites for hydroxylation is 1. The number of benzene rings is 1. The van der Waals surface area contributed by atoms with Crippen LogP contribution in [0.1, 0.15) is 11.1 Å². The number of nitrogens with one attached hydrogen (secondary N) is 1. The largest absolute Gasteiger partial charge is 0.416 e. The van der Waals surface area contributed by atoms with Crippen molar-refractivity contribution in [2.24, 2.45) is 14.1 Å². The summed E-state index contributed by atoms with van der Waals surface area (Å²) in [4.78, 5) is 45.6. The summed E-state index contributed by atoms with van der Waals surface area (Å²) in [5, 5.41) is 4.31. The van der Waals surface area contributed by atoms with Crippen molar-refractivity contribution in [1.29, 1.82) is 0 Å². The molecule has 1 N–H and O–H groups in total. The normalized spacial score (nSPS) is 11.7. The molecule has 4 rings (SSSR count). The first kappa shape index (κ1) is 23.6. The molecular weight excluding hydrogens is 495 g/mol. The van der Waals surface area contributed by atoms with Gasteiger partial charge in [0.1, 0.15) is 0 Å². The number of anilines is 1. The predicted molar refractivity (Wildman–Crippen MR) is 122 cm³/mol. The lowest BCUT2D eigenvalue weighted by Crippen LogP contribution is -2.37. The van der Waals surface area contributed by atoms with Crippen LogP contribution >= 0.6 is 22.9 Å². The van der Waals surface area contributed by atoms with Gasteiger partial charge in [-0.15, -0.1) is 11.3 Å². The number of thiazole rings is 1. The van der Waals surface area contributed by atoms with E-state index in [1.807, 2.05) is 0 Å². The second kappa shape index (κ2) is 8.69. The zero-order valence-electron chi connectivity index (χ0n) is 17.6. The third-order valence-electron chi connectivity index (χ3n) is 5.08. The Morgan fingerprint density at radius 3 is 2.59 bits per heavy atom. The van der Waals surface area contributed by atoms with E-state index in [1.165, 1.54) is 42.5 Å². The average Bonchev–Trinajstić information content (AvgIpc) is 3.23. The van der Waals surface area contributed by atoms with Crippen molar-refractivity contribution in [3.05, 3.63) is 73.0 Å². The summed E-state index contributed by atoms with van der Waals surface area (Å²) in [6.07, 6.45) is -2.07. The quantitative estimate of drug-likeness (QED) is 0.453. The SMILES string of the molecule is Cn1c(=O)c2c(CC(=O)Nc3nc(-c4cc(Cl)cc(C(F)(F)F)c4)cs3)cncc2n(C)c1=O. The lowest BCUT2D eigenvalue weighted by atomic mass is 10.1. The molecule has 0 aliphatic heterocycles. The highest BCUT2D eigenvalue weighted by atomic mass is 35.5. The van der Waals surface area contributed by atoms with Gasteiger partial charge in [0.2, 0.25) is 5.91 Å². The minimum absolute atomic E-state index is 0.0946. The van der Waals surface area contributed by atoms with E-state index in [9.17, 15) is 27.6 Å². The summed E-state index contributed by atoms with van der Waals surface area (Å²) in [6, 6.07) is 3.09.